The van der Waals surface area contributed by atoms with Crippen molar-refractivity contribution in [3.05, 3.63) is 76.8 Å². The molecule has 9 heteroatoms. The summed E-state index contributed by atoms with van der Waals surface area (Å²) in [5.41, 5.74) is 2.53. The average molecular weight is 414 g/mol. The lowest BCUT2D eigenvalue weighted by Gasteiger charge is -2.03. The molecule has 0 aliphatic heterocycles. The van der Waals surface area contributed by atoms with Gasteiger partial charge in [0.25, 0.3) is 5.91 Å². The fourth-order valence-corrected chi connectivity index (χ4v) is 3.29. The van der Waals surface area contributed by atoms with Gasteiger partial charge >= 0.3 is 0 Å². The van der Waals surface area contributed by atoms with E-state index in [0.29, 0.717) is 21.5 Å². The summed E-state index contributed by atoms with van der Waals surface area (Å²) in [4.78, 5) is 16.8. The van der Waals surface area contributed by atoms with Gasteiger partial charge in [-0.15, -0.1) is 0 Å². The number of benzene rings is 2. The normalized spacial score (nSPS) is 10.8. The topological polar surface area (TPSA) is 72.7 Å². The number of carbonyl (C=O) groups excluding carboxylic acids is 1. The molecule has 0 fully saturated rings. The Morgan fingerprint density at radius 1 is 1.14 bits per heavy atom. The molecular weight excluding hydrogens is 401 g/mol. The molecule has 140 valence electrons. The minimum absolute atomic E-state index is 0.256. The van der Waals surface area contributed by atoms with E-state index in [2.05, 4.69) is 19.8 Å². The first-order valence-electron chi connectivity index (χ1n) is 8.23. The van der Waals surface area contributed by atoms with E-state index in [-0.39, 0.29) is 11.5 Å². The zero-order valence-corrected chi connectivity index (χ0v) is 16.1. The van der Waals surface area contributed by atoms with Crippen LogP contribution < -0.4 is 5.32 Å². The number of hydrogen-bond donors (Lipinski definition) is 1. The fourth-order valence-electron chi connectivity index (χ4n) is 2.58. The van der Waals surface area contributed by atoms with Crippen molar-refractivity contribution in [1.82, 2.24) is 19.1 Å². The smallest absolute Gasteiger partial charge is 0.278 e. The highest BCUT2D eigenvalue weighted by Gasteiger charge is 2.16. The second-order valence-electron chi connectivity index (χ2n) is 5.94. The summed E-state index contributed by atoms with van der Waals surface area (Å²) in [6.45, 7) is 1.86. The molecule has 0 unspecified atom stereocenters. The predicted molar refractivity (Wildman–Crippen MR) is 107 cm³/mol. The maximum atomic E-state index is 13.0. The molecule has 4 aromatic rings. The van der Waals surface area contributed by atoms with Crippen LogP contribution in [0.3, 0.4) is 0 Å². The number of amides is 1. The second kappa shape index (κ2) is 7.49. The van der Waals surface area contributed by atoms with Crippen molar-refractivity contribution in [1.29, 1.82) is 0 Å². The lowest BCUT2D eigenvalue weighted by molar-refractivity contribution is 0.102. The summed E-state index contributed by atoms with van der Waals surface area (Å²) < 4.78 is 18.9. The van der Waals surface area contributed by atoms with Gasteiger partial charge in [0.2, 0.25) is 5.13 Å². The van der Waals surface area contributed by atoms with Gasteiger partial charge in [-0.1, -0.05) is 11.6 Å². The maximum absolute atomic E-state index is 13.0. The lowest BCUT2D eigenvalue weighted by Crippen LogP contribution is -2.13. The highest BCUT2D eigenvalue weighted by Crippen LogP contribution is 2.22. The summed E-state index contributed by atoms with van der Waals surface area (Å²) in [6.07, 6.45) is 0. The van der Waals surface area contributed by atoms with Crippen LogP contribution in [-0.4, -0.2) is 25.0 Å². The van der Waals surface area contributed by atoms with E-state index in [0.717, 1.165) is 22.9 Å². The molecule has 4 rings (SSSR count). The Bertz CT molecular complexity index is 1140. The Morgan fingerprint density at radius 3 is 2.57 bits per heavy atom. The lowest BCUT2D eigenvalue weighted by atomic mass is 10.2. The van der Waals surface area contributed by atoms with E-state index in [9.17, 15) is 9.18 Å². The van der Waals surface area contributed by atoms with Crippen molar-refractivity contribution in [2.45, 2.75) is 6.92 Å². The third-order valence-corrected chi connectivity index (χ3v) is 4.82. The molecule has 0 bridgehead atoms. The van der Waals surface area contributed by atoms with Crippen molar-refractivity contribution >= 4 is 34.2 Å². The number of aryl methyl sites for hydroxylation is 1. The minimum Gasteiger partial charge on any atom is -0.295 e. The van der Waals surface area contributed by atoms with Gasteiger partial charge in [-0.2, -0.15) is 14.5 Å². The van der Waals surface area contributed by atoms with E-state index in [1.165, 1.54) is 12.1 Å². The molecule has 1 N–H and O–H groups in total. The largest absolute Gasteiger partial charge is 0.295 e. The number of carbonyl (C=O) groups is 1. The molecule has 0 aliphatic rings. The predicted octanol–water partition coefficient (Wildman–Crippen LogP) is 4.74. The van der Waals surface area contributed by atoms with Crippen LogP contribution in [0.25, 0.3) is 17.1 Å². The maximum Gasteiger partial charge on any atom is 0.278 e. The zero-order valence-electron chi connectivity index (χ0n) is 14.6. The van der Waals surface area contributed by atoms with Gasteiger partial charge < -0.3 is 0 Å². The first kappa shape index (κ1) is 18.3. The van der Waals surface area contributed by atoms with Crippen LogP contribution in [0.15, 0.2) is 54.6 Å². The quantitative estimate of drug-likeness (QED) is 0.524. The first-order valence-corrected chi connectivity index (χ1v) is 9.38. The fraction of sp³-hybridized carbons (Fsp3) is 0.0526. The van der Waals surface area contributed by atoms with Crippen molar-refractivity contribution in [2.75, 3.05) is 5.32 Å². The molecule has 0 atom stereocenters. The number of halogens is 2. The van der Waals surface area contributed by atoms with Crippen LogP contribution >= 0.6 is 23.1 Å². The molecule has 2 aromatic carbocycles. The summed E-state index contributed by atoms with van der Waals surface area (Å²) in [7, 11) is 0. The van der Waals surface area contributed by atoms with Crippen LogP contribution in [-0.2, 0) is 0 Å². The molecule has 28 heavy (non-hydrogen) atoms. The van der Waals surface area contributed by atoms with Crippen LogP contribution in [0.5, 0.6) is 0 Å². The van der Waals surface area contributed by atoms with Gasteiger partial charge in [0.15, 0.2) is 11.5 Å². The van der Waals surface area contributed by atoms with Crippen LogP contribution in [0.4, 0.5) is 9.52 Å². The van der Waals surface area contributed by atoms with Gasteiger partial charge in [-0.3, -0.25) is 10.1 Å². The summed E-state index contributed by atoms with van der Waals surface area (Å²) in [5, 5.41) is 8.01. The van der Waals surface area contributed by atoms with E-state index in [1.54, 1.807) is 35.0 Å². The third kappa shape index (κ3) is 3.78. The number of nitrogens with one attached hydrogen (secondary N) is 1. The van der Waals surface area contributed by atoms with Crippen molar-refractivity contribution in [3.63, 3.8) is 0 Å². The molecule has 0 aliphatic carbocycles. The van der Waals surface area contributed by atoms with Crippen LogP contribution in [0.2, 0.25) is 5.02 Å². The number of anilines is 1. The molecule has 6 nitrogen and oxygen atoms in total. The molecule has 2 heterocycles. The van der Waals surface area contributed by atoms with E-state index in [1.807, 2.05) is 19.1 Å². The van der Waals surface area contributed by atoms with E-state index < -0.39 is 5.91 Å². The number of hydrogen-bond acceptors (Lipinski definition) is 5. The second-order valence-corrected chi connectivity index (χ2v) is 7.13. The molecule has 2 aromatic heterocycles. The first-order chi connectivity index (χ1) is 13.5. The molecule has 0 spiro atoms. The Hall–Kier alpha value is -3.10. The van der Waals surface area contributed by atoms with Gasteiger partial charge in [0.1, 0.15) is 5.82 Å². The molecule has 0 saturated carbocycles. The van der Waals surface area contributed by atoms with E-state index >= 15 is 0 Å². The molecule has 1 amide bonds. The number of nitrogens with zero attached hydrogens (tertiary/aromatic N) is 4. The Balaban J connectivity index is 1.52. The highest BCUT2D eigenvalue weighted by molar-refractivity contribution is 7.10. The molecule has 0 radical (unpaired) electrons. The summed E-state index contributed by atoms with van der Waals surface area (Å²) in [6, 6.07) is 14.7. The van der Waals surface area contributed by atoms with E-state index in [4.69, 9.17) is 11.6 Å². The van der Waals surface area contributed by atoms with Gasteiger partial charge in [0, 0.05) is 27.8 Å². The van der Waals surface area contributed by atoms with Gasteiger partial charge in [-0.05, 0) is 61.5 Å². The number of aromatic nitrogens is 4. The average Bonchev–Trinajstić information content (AvgIpc) is 3.30. The summed E-state index contributed by atoms with van der Waals surface area (Å²) in [5.74, 6) is -0.306. The Labute approximate surface area is 168 Å². The summed E-state index contributed by atoms with van der Waals surface area (Å²) >= 11 is 6.96. The Morgan fingerprint density at radius 2 is 1.86 bits per heavy atom. The van der Waals surface area contributed by atoms with Gasteiger partial charge in [0.05, 0.1) is 5.69 Å². The monoisotopic (exact) mass is 413 g/mol. The van der Waals surface area contributed by atoms with Crippen molar-refractivity contribution < 1.29 is 9.18 Å². The standard InChI is InChI=1S/C19H13ClFN5OS/c1-11-10-16(24-26(11)15-8-4-13(20)5-9-15)18(27)23-19-22-17(25-28-19)12-2-6-14(21)7-3-12/h2-10H,1H3,(H,22,23,25,27). The van der Waals surface area contributed by atoms with Crippen molar-refractivity contribution in [3.8, 4) is 17.1 Å². The van der Waals surface area contributed by atoms with Gasteiger partial charge in [-0.25, -0.2) is 9.07 Å². The SMILES string of the molecule is Cc1cc(C(=O)Nc2nc(-c3ccc(F)cc3)ns2)nn1-c1ccc(Cl)cc1. The molecule has 0 saturated heterocycles. The minimum atomic E-state index is -0.391. The van der Waals surface area contributed by atoms with Crippen LogP contribution in [0.1, 0.15) is 16.2 Å². The van der Waals surface area contributed by atoms with Crippen LogP contribution in [0, 0.1) is 12.7 Å². The third-order valence-electron chi connectivity index (χ3n) is 3.94. The molecular formula is C19H13ClFN5OS. The number of rotatable bonds is 4. The van der Waals surface area contributed by atoms with Crippen molar-refractivity contribution in [2.24, 2.45) is 0 Å². The highest BCUT2D eigenvalue weighted by atomic mass is 35.5. The Kier molecular flexibility index (Phi) is 4.89. The zero-order chi connectivity index (χ0) is 19.7.